The minimum absolute atomic E-state index is 0.659. The monoisotopic (exact) mass is 185 g/mol. The first-order valence-electron chi connectivity index (χ1n) is 3.71. The molecule has 0 aliphatic heterocycles. The second-order valence-electron chi connectivity index (χ2n) is 2.64. The number of nitrogens with zero attached hydrogens (tertiary/aromatic N) is 2. The number of hydrogen-bond acceptors (Lipinski definition) is 2. The Bertz CT molecular complexity index is 267. The van der Waals surface area contributed by atoms with Crippen LogP contribution >= 0.6 is 11.6 Å². The van der Waals surface area contributed by atoms with Gasteiger partial charge in [-0.25, -0.2) is 0 Å². The van der Waals surface area contributed by atoms with E-state index in [2.05, 4.69) is 17.0 Å². The van der Waals surface area contributed by atoms with E-state index >= 15 is 0 Å². The van der Waals surface area contributed by atoms with Gasteiger partial charge in [0.05, 0.1) is 17.8 Å². The number of aromatic nitrogens is 2. The number of hydrogen-bond donors (Lipinski definition) is 1. The quantitative estimate of drug-likeness (QED) is 0.717. The van der Waals surface area contributed by atoms with Crippen LogP contribution in [0.25, 0.3) is 0 Å². The molecule has 0 aromatic carbocycles. The lowest BCUT2D eigenvalue weighted by Crippen LogP contribution is -2.13. The summed E-state index contributed by atoms with van der Waals surface area (Å²) in [5.41, 5.74) is 1.08. The van der Waals surface area contributed by atoms with E-state index in [0.717, 1.165) is 12.1 Å². The van der Waals surface area contributed by atoms with Crippen LogP contribution in [0.15, 0.2) is 24.5 Å². The van der Waals surface area contributed by atoms with Gasteiger partial charge in [-0.2, -0.15) is 5.10 Å². The molecule has 12 heavy (non-hydrogen) atoms. The predicted octanol–water partition coefficient (Wildman–Crippen LogP) is 1.31. The first kappa shape index (κ1) is 9.29. The summed E-state index contributed by atoms with van der Waals surface area (Å²) in [6.07, 6.45) is 3.40. The van der Waals surface area contributed by atoms with Gasteiger partial charge in [-0.3, -0.25) is 4.68 Å². The molecular weight excluding hydrogens is 174 g/mol. The van der Waals surface area contributed by atoms with Gasteiger partial charge in [-0.05, 0) is 12.6 Å². The first-order valence-corrected chi connectivity index (χ1v) is 4.09. The highest BCUT2D eigenvalue weighted by Crippen LogP contribution is 2.05. The Morgan fingerprint density at radius 1 is 1.83 bits per heavy atom. The van der Waals surface area contributed by atoms with Crippen molar-refractivity contribution in [1.82, 2.24) is 15.1 Å². The van der Waals surface area contributed by atoms with Crippen molar-refractivity contribution in [2.75, 3.05) is 13.6 Å². The van der Waals surface area contributed by atoms with Crippen molar-refractivity contribution in [1.29, 1.82) is 0 Å². The largest absolute Gasteiger partial charge is 0.316 e. The molecule has 0 saturated carbocycles. The molecule has 3 nitrogen and oxygen atoms in total. The van der Waals surface area contributed by atoms with E-state index in [1.54, 1.807) is 17.1 Å². The lowest BCUT2D eigenvalue weighted by Gasteiger charge is -2.03. The smallest absolute Gasteiger partial charge is 0.0785 e. The van der Waals surface area contributed by atoms with Gasteiger partial charge in [-0.1, -0.05) is 18.2 Å². The summed E-state index contributed by atoms with van der Waals surface area (Å²) in [5, 5.41) is 7.71. The van der Waals surface area contributed by atoms with Gasteiger partial charge in [-0.15, -0.1) is 0 Å². The molecule has 4 heteroatoms. The van der Waals surface area contributed by atoms with Crippen molar-refractivity contribution in [3.05, 3.63) is 29.6 Å². The second kappa shape index (κ2) is 4.28. The molecule has 0 bridgehead atoms. The normalized spacial score (nSPS) is 10.2. The van der Waals surface area contributed by atoms with Gasteiger partial charge in [0.25, 0.3) is 0 Å². The zero-order valence-electron chi connectivity index (χ0n) is 7.05. The van der Waals surface area contributed by atoms with Crippen LogP contribution < -0.4 is 5.32 Å². The van der Waals surface area contributed by atoms with Crippen LogP contribution in [0.1, 0.15) is 0 Å². The molecular formula is C8H12ClN3. The van der Waals surface area contributed by atoms with Crippen LogP contribution in [0.5, 0.6) is 0 Å². The topological polar surface area (TPSA) is 29.9 Å². The van der Waals surface area contributed by atoms with Crippen LogP contribution in [-0.2, 0) is 6.54 Å². The fourth-order valence-corrected chi connectivity index (χ4v) is 1.12. The zero-order valence-corrected chi connectivity index (χ0v) is 7.80. The Kier molecular flexibility index (Phi) is 3.31. The Labute approximate surface area is 77.0 Å². The molecule has 1 aromatic heterocycles. The van der Waals surface area contributed by atoms with Crippen molar-refractivity contribution in [2.24, 2.45) is 0 Å². The van der Waals surface area contributed by atoms with E-state index in [-0.39, 0.29) is 0 Å². The standard InChI is InChI=1S/C8H12ClN3/c1-7(3-10-2)5-12-6-8(9)4-11-12/h4,6,10H,1,3,5H2,2H3. The molecule has 0 saturated heterocycles. The number of nitrogens with one attached hydrogen (secondary N) is 1. The van der Waals surface area contributed by atoms with E-state index in [1.807, 2.05) is 7.05 Å². The van der Waals surface area contributed by atoms with Gasteiger partial charge in [0.1, 0.15) is 0 Å². The molecule has 0 aliphatic carbocycles. The van der Waals surface area contributed by atoms with Crippen molar-refractivity contribution < 1.29 is 0 Å². The third kappa shape index (κ3) is 2.68. The highest BCUT2D eigenvalue weighted by atomic mass is 35.5. The van der Waals surface area contributed by atoms with Gasteiger partial charge in [0.15, 0.2) is 0 Å². The summed E-state index contributed by atoms with van der Waals surface area (Å²) in [6, 6.07) is 0. The molecule has 66 valence electrons. The molecule has 0 spiro atoms. The number of likely N-dealkylation sites (N-methyl/N-ethyl adjacent to an activating group) is 1. The van der Waals surface area contributed by atoms with E-state index in [9.17, 15) is 0 Å². The van der Waals surface area contributed by atoms with Crippen LogP contribution in [0.3, 0.4) is 0 Å². The van der Waals surface area contributed by atoms with Gasteiger partial charge >= 0.3 is 0 Å². The highest BCUT2D eigenvalue weighted by molar-refractivity contribution is 6.30. The van der Waals surface area contributed by atoms with Crippen LogP contribution in [0, 0.1) is 0 Å². The third-order valence-corrected chi connectivity index (χ3v) is 1.61. The Morgan fingerprint density at radius 3 is 3.08 bits per heavy atom. The Balaban J connectivity index is 2.46. The molecule has 0 unspecified atom stereocenters. The first-order chi connectivity index (χ1) is 5.72. The fourth-order valence-electron chi connectivity index (χ4n) is 0.960. The summed E-state index contributed by atoms with van der Waals surface area (Å²) in [6.45, 7) is 5.40. The van der Waals surface area contributed by atoms with Gasteiger partial charge < -0.3 is 5.32 Å². The van der Waals surface area contributed by atoms with Gasteiger partial charge in [0, 0.05) is 12.7 Å². The molecule has 0 amide bonds. The van der Waals surface area contributed by atoms with E-state index < -0.39 is 0 Å². The maximum atomic E-state index is 5.69. The van der Waals surface area contributed by atoms with Crippen molar-refractivity contribution in [3.63, 3.8) is 0 Å². The minimum Gasteiger partial charge on any atom is -0.316 e. The van der Waals surface area contributed by atoms with Crippen molar-refractivity contribution >= 4 is 11.6 Å². The van der Waals surface area contributed by atoms with E-state index in [4.69, 9.17) is 11.6 Å². The molecule has 1 N–H and O–H groups in total. The van der Waals surface area contributed by atoms with E-state index in [1.165, 1.54) is 0 Å². The van der Waals surface area contributed by atoms with Crippen molar-refractivity contribution in [3.8, 4) is 0 Å². The fraction of sp³-hybridized carbons (Fsp3) is 0.375. The maximum Gasteiger partial charge on any atom is 0.0785 e. The summed E-state index contributed by atoms with van der Waals surface area (Å²) >= 11 is 5.69. The Hall–Kier alpha value is -0.800. The summed E-state index contributed by atoms with van der Waals surface area (Å²) in [7, 11) is 1.89. The SMILES string of the molecule is C=C(CNC)Cn1cc(Cl)cn1. The van der Waals surface area contributed by atoms with Crippen LogP contribution in [0.2, 0.25) is 5.02 Å². The average molecular weight is 186 g/mol. The Morgan fingerprint density at radius 2 is 2.58 bits per heavy atom. The third-order valence-electron chi connectivity index (χ3n) is 1.41. The molecule has 0 radical (unpaired) electrons. The predicted molar refractivity (Wildman–Crippen MR) is 50.3 cm³/mol. The zero-order chi connectivity index (χ0) is 8.97. The highest BCUT2D eigenvalue weighted by Gasteiger charge is 1.97. The summed E-state index contributed by atoms with van der Waals surface area (Å²) in [4.78, 5) is 0. The van der Waals surface area contributed by atoms with Crippen LogP contribution in [0.4, 0.5) is 0 Å². The molecule has 1 rings (SSSR count). The minimum atomic E-state index is 0.659. The van der Waals surface area contributed by atoms with E-state index in [0.29, 0.717) is 11.6 Å². The maximum absolute atomic E-state index is 5.69. The molecule has 0 aliphatic rings. The van der Waals surface area contributed by atoms with Crippen molar-refractivity contribution in [2.45, 2.75) is 6.54 Å². The number of halogens is 1. The van der Waals surface area contributed by atoms with Crippen LogP contribution in [-0.4, -0.2) is 23.4 Å². The molecule has 1 heterocycles. The van der Waals surface area contributed by atoms with Gasteiger partial charge in [0.2, 0.25) is 0 Å². The number of rotatable bonds is 4. The lowest BCUT2D eigenvalue weighted by atomic mass is 10.3. The second-order valence-corrected chi connectivity index (χ2v) is 3.07. The lowest BCUT2D eigenvalue weighted by molar-refractivity contribution is 0.656. The molecule has 0 atom stereocenters. The average Bonchev–Trinajstić information content (AvgIpc) is 2.36. The summed E-state index contributed by atoms with van der Waals surface area (Å²) < 4.78 is 1.77. The molecule has 0 fully saturated rings. The molecule has 1 aromatic rings. The summed E-state index contributed by atoms with van der Waals surface area (Å²) in [5.74, 6) is 0.